The standard InChI is InChI=1S/C15H17N3O3S/c16-14(20)11-6-3-4-8-18(11)13(19)9-22-15-17-10-5-1-2-7-12(10)21-15/h1-2,5,7,11H,3-4,6,8-9H2,(H2,16,20). The van der Waals surface area contributed by atoms with E-state index in [1.54, 1.807) is 4.90 Å². The average molecular weight is 319 g/mol. The zero-order chi connectivity index (χ0) is 15.5. The first-order chi connectivity index (χ1) is 10.6. The van der Waals surface area contributed by atoms with Crippen molar-refractivity contribution in [2.45, 2.75) is 30.5 Å². The minimum absolute atomic E-state index is 0.101. The maximum absolute atomic E-state index is 12.3. The van der Waals surface area contributed by atoms with Crippen LogP contribution in [0.4, 0.5) is 0 Å². The number of amides is 2. The molecular weight excluding hydrogens is 302 g/mol. The van der Waals surface area contributed by atoms with E-state index in [0.717, 1.165) is 18.4 Å². The van der Waals surface area contributed by atoms with E-state index < -0.39 is 11.9 Å². The van der Waals surface area contributed by atoms with Crippen LogP contribution in [-0.4, -0.2) is 40.0 Å². The summed E-state index contributed by atoms with van der Waals surface area (Å²) >= 11 is 1.24. The Labute approximate surface area is 132 Å². The smallest absolute Gasteiger partial charge is 0.257 e. The minimum Gasteiger partial charge on any atom is -0.431 e. The first kappa shape index (κ1) is 14.9. The molecule has 1 aliphatic rings. The van der Waals surface area contributed by atoms with Crippen LogP contribution in [0.3, 0.4) is 0 Å². The van der Waals surface area contributed by atoms with Gasteiger partial charge in [0.2, 0.25) is 11.8 Å². The highest BCUT2D eigenvalue weighted by atomic mass is 32.2. The number of carbonyl (C=O) groups is 2. The van der Waals surface area contributed by atoms with Gasteiger partial charge in [-0.25, -0.2) is 4.98 Å². The Morgan fingerprint density at radius 2 is 2.18 bits per heavy atom. The van der Waals surface area contributed by atoms with E-state index in [4.69, 9.17) is 10.2 Å². The molecule has 22 heavy (non-hydrogen) atoms. The molecule has 0 aliphatic carbocycles. The number of hydrogen-bond donors (Lipinski definition) is 1. The fourth-order valence-electron chi connectivity index (χ4n) is 2.65. The Bertz CT molecular complexity index is 667. The first-order valence-corrected chi connectivity index (χ1v) is 8.21. The summed E-state index contributed by atoms with van der Waals surface area (Å²) in [5.74, 6) is -0.341. The number of likely N-dealkylation sites (tertiary alicyclic amines) is 1. The molecule has 1 aliphatic heterocycles. The van der Waals surface area contributed by atoms with Gasteiger partial charge >= 0.3 is 0 Å². The lowest BCUT2D eigenvalue weighted by atomic mass is 10.0. The molecule has 7 heteroatoms. The van der Waals surface area contributed by atoms with Crippen LogP contribution in [0.2, 0.25) is 0 Å². The molecule has 1 atom stereocenters. The lowest BCUT2D eigenvalue weighted by Crippen LogP contribution is -2.51. The lowest BCUT2D eigenvalue weighted by molar-refractivity contribution is -0.138. The predicted octanol–water partition coefficient (Wildman–Crippen LogP) is 1.79. The summed E-state index contributed by atoms with van der Waals surface area (Å²) in [5.41, 5.74) is 6.85. The average Bonchev–Trinajstić information content (AvgIpc) is 2.95. The molecule has 3 rings (SSSR count). The molecule has 1 aromatic heterocycles. The number of aromatic nitrogens is 1. The summed E-state index contributed by atoms with van der Waals surface area (Å²) < 4.78 is 5.57. The quantitative estimate of drug-likeness (QED) is 0.868. The van der Waals surface area contributed by atoms with Gasteiger partial charge in [-0.1, -0.05) is 23.9 Å². The molecule has 0 spiro atoms. The van der Waals surface area contributed by atoms with Gasteiger partial charge in [0.15, 0.2) is 5.58 Å². The lowest BCUT2D eigenvalue weighted by Gasteiger charge is -2.33. The maximum Gasteiger partial charge on any atom is 0.257 e. The van der Waals surface area contributed by atoms with Gasteiger partial charge in [0.05, 0.1) is 5.75 Å². The van der Waals surface area contributed by atoms with Gasteiger partial charge in [-0.15, -0.1) is 0 Å². The SMILES string of the molecule is NC(=O)C1CCCCN1C(=O)CSc1nc2ccccc2o1. The molecule has 1 fully saturated rings. The second-order valence-corrected chi connectivity index (χ2v) is 6.16. The molecule has 6 nitrogen and oxygen atoms in total. The number of rotatable bonds is 4. The number of oxazole rings is 1. The van der Waals surface area contributed by atoms with Crippen LogP contribution in [0.25, 0.3) is 11.1 Å². The van der Waals surface area contributed by atoms with Crippen LogP contribution in [0, 0.1) is 0 Å². The number of benzene rings is 1. The van der Waals surface area contributed by atoms with E-state index in [1.807, 2.05) is 24.3 Å². The highest BCUT2D eigenvalue weighted by molar-refractivity contribution is 7.99. The third-order valence-electron chi connectivity index (χ3n) is 3.74. The van der Waals surface area contributed by atoms with Crippen LogP contribution in [0.15, 0.2) is 33.9 Å². The number of carbonyl (C=O) groups excluding carboxylic acids is 2. The molecular formula is C15H17N3O3S. The van der Waals surface area contributed by atoms with Crippen LogP contribution in [-0.2, 0) is 9.59 Å². The molecule has 0 radical (unpaired) electrons. The third-order valence-corrected chi connectivity index (χ3v) is 4.56. The fraction of sp³-hybridized carbons (Fsp3) is 0.400. The number of primary amides is 1. The summed E-state index contributed by atoms with van der Waals surface area (Å²) in [6.07, 6.45) is 2.48. The van der Waals surface area contributed by atoms with Crippen molar-refractivity contribution in [1.29, 1.82) is 0 Å². The highest BCUT2D eigenvalue weighted by Gasteiger charge is 2.30. The predicted molar refractivity (Wildman–Crippen MR) is 83.3 cm³/mol. The van der Waals surface area contributed by atoms with E-state index in [9.17, 15) is 9.59 Å². The molecule has 1 unspecified atom stereocenters. The van der Waals surface area contributed by atoms with Gasteiger partial charge in [0.25, 0.3) is 5.22 Å². The Balaban J connectivity index is 1.64. The van der Waals surface area contributed by atoms with Gasteiger partial charge in [0, 0.05) is 6.54 Å². The zero-order valence-corrected chi connectivity index (χ0v) is 12.8. The molecule has 2 amide bonds. The summed E-state index contributed by atoms with van der Waals surface area (Å²) in [6.45, 7) is 0.584. The second kappa shape index (κ2) is 6.39. The Kier molecular flexibility index (Phi) is 4.33. The molecule has 2 aromatic rings. The number of nitrogens with zero attached hydrogens (tertiary/aromatic N) is 2. The van der Waals surface area contributed by atoms with Crippen molar-refractivity contribution in [3.8, 4) is 0 Å². The van der Waals surface area contributed by atoms with Crippen molar-refractivity contribution in [3.63, 3.8) is 0 Å². The molecule has 116 valence electrons. The normalized spacial score (nSPS) is 18.5. The molecule has 1 saturated heterocycles. The summed E-state index contributed by atoms with van der Waals surface area (Å²) in [6, 6.07) is 6.97. The molecule has 2 heterocycles. The Morgan fingerprint density at radius 3 is 2.95 bits per heavy atom. The van der Waals surface area contributed by atoms with Crippen LogP contribution < -0.4 is 5.73 Å². The summed E-state index contributed by atoms with van der Waals surface area (Å²) in [5, 5.41) is 0.460. The van der Waals surface area contributed by atoms with E-state index in [1.165, 1.54) is 11.8 Å². The van der Waals surface area contributed by atoms with Gasteiger partial charge in [-0.2, -0.15) is 0 Å². The first-order valence-electron chi connectivity index (χ1n) is 7.22. The van der Waals surface area contributed by atoms with Crippen molar-refractivity contribution in [2.24, 2.45) is 5.73 Å². The number of piperidine rings is 1. The van der Waals surface area contributed by atoms with Gasteiger partial charge in [-0.05, 0) is 31.4 Å². The largest absolute Gasteiger partial charge is 0.431 e. The van der Waals surface area contributed by atoms with E-state index >= 15 is 0 Å². The van der Waals surface area contributed by atoms with Crippen molar-refractivity contribution < 1.29 is 14.0 Å². The van der Waals surface area contributed by atoms with E-state index in [-0.39, 0.29) is 11.7 Å². The Morgan fingerprint density at radius 1 is 1.36 bits per heavy atom. The fourth-order valence-corrected chi connectivity index (χ4v) is 3.37. The summed E-state index contributed by atoms with van der Waals surface area (Å²) in [4.78, 5) is 29.7. The van der Waals surface area contributed by atoms with E-state index in [0.29, 0.717) is 23.8 Å². The van der Waals surface area contributed by atoms with Crippen LogP contribution in [0.5, 0.6) is 0 Å². The van der Waals surface area contributed by atoms with E-state index in [2.05, 4.69) is 4.98 Å². The maximum atomic E-state index is 12.3. The van der Waals surface area contributed by atoms with Crippen molar-refractivity contribution in [3.05, 3.63) is 24.3 Å². The van der Waals surface area contributed by atoms with Crippen LogP contribution >= 0.6 is 11.8 Å². The zero-order valence-electron chi connectivity index (χ0n) is 12.0. The molecule has 0 saturated carbocycles. The van der Waals surface area contributed by atoms with Crippen molar-refractivity contribution >= 4 is 34.7 Å². The van der Waals surface area contributed by atoms with Crippen LogP contribution in [0.1, 0.15) is 19.3 Å². The van der Waals surface area contributed by atoms with Gasteiger partial charge < -0.3 is 15.1 Å². The van der Waals surface area contributed by atoms with Gasteiger partial charge in [0.1, 0.15) is 11.6 Å². The summed E-state index contributed by atoms with van der Waals surface area (Å²) in [7, 11) is 0. The minimum atomic E-state index is -0.481. The number of hydrogen-bond acceptors (Lipinski definition) is 5. The monoisotopic (exact) mass is 319 g/mol. The molecule has 0 bridgehead atoms. The number of para-hydroxylation sites is 2. The van der Waals surface area contributed by atoms with Gasteiger partial charge in [-0.3, -0.25) is 9.59 Å². The third kappa shape index (κ3) is 3.09. The molecule has 1 aromatic carbocycles. The second-order valence-electron chi connectivity index (χ2n) is 5.24. The Hall–Kier alpha value is -2.02. The van der Waals surface area contributed by atoms with Crippen molar-refractivity contribution in [2.75, 3.05) is 12.3 Å². The molecule has 2 N–H and O–H groups in total. The number of fused-ring (bicyclic) bond motifs is 1. The number of nitrogens with two attached hydrogens (primary N) is 1. The van der Waals surface area contributed by atoms with Crippen molar-refractivity contribution in [1.82, 2.24) is 9.88 Å². The number of thioether (sulfide) groups is 1. The topological polar surface area (TPSA) is 89.4 Å². The highest BCUT2D eigenvalue weighted by Crippen LogP contribution is 2.24.